The van der Waals surface area contributed by atoms with Crippen LogP contribution < -0.4 is 0 Å². The van der Waals surface area contributed by atoms with Crippen molar-refractivity contribution >= 4 is 81.6 Å². The van der Waals surface area contributed by atoms with E-state index < -0.39 is 0 Å². The Balaban J connectivity index is 0.953. The van der Waals surface area contributed by atoms with Gasteiger partial charge in [0, 0.05) is 43.3 Å². The number of fused-ring (bicyclic) bond motifs is 9. The molecule has 0 fully saturated rings. The summed E-state index contributed by atoms with van der Waals surface area (Å²) < 4.78 is 4.74. The van der Waals surface area contributed by atoms with E-state index in [9.17, 15) is 0 Å². The van der Waals surface area contributed by atoms with Crippen LogP contribution in [0.15, 0.2) is 218 Å². The van der Waals surface area contributed by atoms with Crippen molar-refractivity contribution < 1.29 is 0 Å². The third-order valence-corrected chi connectivity index (χ3v) is 13.5. The van der Waals surface area contributed by atoms with E-state index in [1.165, 1.54) is 82.2 Å². The fourth-order valence-electron chi connectivity index (χ4n) is 10.6. The zero-order valence-corrected chi connectivity index (χ0v) is 34.6. The average Bonchev–Trinajstić information content (AvgIpc) is 3.88. The first-order valence-electron chi connectivity index (χ1n) is 21.9. The Labute approximate surface area is 367 Å². The standard InChI is InChI=1S/C60H36N4/c1-3-13-37(14-4-1)39-25-27-40(28-26-39)58-49-18-7-9-23-52(49)61-60(62-58)64-53-24-10-8-17-44(53)50-36-42(30-33-55(50)64)43-31-34-56-57-45(43)19-11-20-46(57)47-21-12-22-48-51-35-41(38-15-5-2-6-16-38)29-32-54(51)63(56)59(47)48/h1-36H. The minimum atomic E-state index is 0.654. The summed E-state index contributed by atoms with van der Waals surface area (Å²) in [6, 6.07) is 79.1. The minimum Gasteiger partial charge on any atom is -0.308 e. The number of hydrogen-bond acceptors (Lipinski definition) is 2. The van der Waals surface area contributed by atoms with E-state index >= 15 is 0 Å². The lowest BCUT2D eigenvalue weighted by Gasteiger charge is -2.16. The Kier molecular flexibility index (Phi) is 7.36. The molecule has 4 heteroatoms. The molecule has 4 aromatic heterocycles. The van der Waals surface area contributed by atoms with Crippen LogP contribution in [0.4, 0.5) is 0 Å². The summed E-state index contributed by atoms with van der Waals surface area (Å²) in [7, 11) is 0. The highest BCUT2D eigenvalue weighted by Gasteiger charge is 2.22. The SMILES string of the molecule is c1ccc(-c2ccc(-c3nc(-n4c5ccccc5c5cc(-c6ccc7c8c6cccc8c6cccc8c9cc(-c%10ccccc%10)ccc9n7c68)ccc54)nc4ccccc34)cc2)cc1. The summed E-state index contributed by atoms with van der Waals surface area (Å²) in [5.74, 6) is 0.654. The van der Waals surface area contributed by atoms with E-state index in [4.69, 9.17) is 9.97 Å². The van der Waals surface area contributed by atoms with Crippen molar-refractivity contribution in [2.45, 2.75) is 0 Å². The van der Waals surface area contributed by atoms with Crippen LogP contribution in [0.2, 0.25) is 0 Å². The summed E-state index contributed by atoms with van der Waals surface area (Å²) in [6.07, 6.45) is 0. The van der Waals surface area contributed by atoms with Gasteiger partial charge in [0.2, 0.25) is 5.95 Å². The molecule has 4 nitrogen and oxygen atoms in total. The summed E-state index contributed by atoms with van der Waals surface area (Å²) in [4.78, 5) is 10.6. The number of nitrogens with zero attached hydrogens (tertiary/aromatic N) is 4. The summed E-state index contributed by atoms with van der Waals surface area (Å²) in [6.45, 7) is 0. The molecule has 0 aliphatic rings. The number of pyridine rings is 1. The molecule has 0 saturated heterocycles. The Morgan fingerprint density at radius 3 is 1.64 bits per heavy atom. The summed E-state index contributed by atoms with van der Waals surface area (Å²) >= 11 is 0. The van der Waals surface area contributed by atoms with Crippen LogP contribution in [0.5, 0.6) is 0 Å². The van der Waals surface area contributed by atoms with Gasteiger partial charge in [-0.15, -0.1) is 0 Å². The Hall–Kier alpha value is -8.60. The largest absolute Gasteiger partial charge is 0.308 e. The molecule has 0 N–H and O–H groups in total. The van der Waals surface area contributed by atoms with E-state index in [2.05, 4.69) is 227 Å². The molecular weight excluding hydrogens is 777 g/mol. The maximum Gasteiger partial charge on any atom is 0.235 e. The van der Waals surface area contributed by atoms with E-state index in [1.807, 2.05) is 0 Å². The van der Waals surface area contributed by atoms with Gasteiger partial charge < -0.3 is 4.40 Å². The smallest absolute Gasteiger partial charge is 0.235 e. The second kappa shape index (κ2) is 13.4. The van der Waals surface area contributed by atoms with Gasteiger partial charge >= 0.3 is 0 Å². The third kappa shape index (κ3) is 5.05. The van der Waals surface area contributed by atoms with Crippen molar-refractivity contribution in [2.75, 3.05) is 0 Å². The lowest BCUT2D eigenvalue weighted by atomic mass is 9.93. The average molecular weight is 813 g/mol. The first-order valence-corrected chi connectivity index (χ1v) is 21.9. The van der Waals surface area contributed by atoms with Crippen LogP contribution in [-0.2, 0) is 0 Å². The van der Waals surface area contributed by atoms with Gasteiger partial charge in [0.1, 0.15) is 0 Å². The Bertz CT molecular complexity index is 4160. The Morgan fingerprint density at radius 2 is 0.828 bits per heavy atom. The van der Waals surface area contributed by atoms with Crippen LogP contribution >= 0.6 is 0 Å². The molecule has 0 saturated carbocycles. The number of aromatic nitrogens is 4. The second-order valence-electron chi connectivity index (χ2n) is 16.9. The quantitative estimate of drug-likeness (QED) is 0.128. The molecule has 10 aromatic carbocycles. The molecule has 0 bridgehead atoms. The number of hydrogen-bond donors (Lipinski definition) is 0. The zero-order chi connectivity index (χ0) is 41.9. The minimum absolute atomic E-state index is 0.654. The second-order valence-corrected chi connectivity index (χ2v) is 16.9. The molecule has 0 spiro atoms. The first-order chi connectivity index (χ1) is 31.7. The molecule has 296 valence electrons. The van der Waals surface area contributed by atoms with E-state index in [0.29, 0.717) is 5.95 Å². The number of rotatable bonds is 5. The molecule has 0 unspecified atom stereocenters. The Morgan fingerprint density at radius 1 is 0.297 bits per heavy atom. The number of para-hydroxylation sites is 3. The molecule has 4 heterocycles. The topological polar surface area (TPSA) is 35.1 Å². The lowest BCUT2D eigenvalue weighted by molar-refractivity contribution is 1.01. The fraction of sp³-hybridized carbons (Fsp3) is 0. The third-order valence-electron chi connectivity index (χ3n) is 13.5. The van der Waals surface area contributed by atoms with Gasteiger partial charge in [-0.2, -0.15) is 0 Å². The van der Waals surface area contributed by atoms with Crippen LogP contribution in [0.3, 0.4) is 0 Å². The molecule has 0 atom stereocenters. The predicted octanol–water partition coefficient (Wildman–Crippen LogP) is 15.7. The molecule has 64 heavy (non-hydrogen) atoms. The van der Waals surface area contributed by atoms with Gasteiger partial charge in [0.05, 0.1) is 38.8 Å². The molecule has 0 amide bonds. The maximum absolute atomic E-state index is 5.39. The van der Waals surface area contributed by atoms with Crippen molar-refractivity contribution in [1.29, 1.82) is 0 Å². The van der Waals surface area contributed by atoms with Gasteiger partial charge in [0.15, 0.2) is 0 Å². The fourth-order valence-corrected chi connectivity index (χ4v) is 10.6. The van der Waals surface area contributed by atoms with Crippen LogP contribution in [-0.4, -0.2) is 18.9 Å². The van der Waals surface area contributed by atoms with Gasteiger partial charge in [-0.05, 0) is 86.6 Å². The highest BCUT2D eigenvalue weighted by atomic mass is 15.2. The van der Waals surface area contributed by atoms with Crippen molar-refractivity contribution in [3.8, 4) is 50.6 Å². The van der Waals surface area contributed by atoms with E-state index in [0.717, 1.165) is 44.0 Å². The molecule has 0 aliphatic heterocycles. The zero-order valence-electron chi connectivity index (χ0n) is 34.6. The maximum atomic E-state index is 5.39. The highest BCUT2D eigenvalue weighted by Crippen LogP contribution is 2.45. The van der Waals surface area contributed by atoms with Crippen molar-refractivity contribution in [2.24, 2.45) is 0 Å². The molecule has 14 aromatic rings. The predicted molar refractivity (Wildman–Crippen MR) is 268 cm³/mol. The normalized spacial score (nSPS) is 12.1. The van der Waals surface area contributed by atoms with Crippen molar-refractivity contribution in [3.63, 3.8) is 0 Å². The van der Waals surface area contributed by atoms with Crippen LogP contribution in [0.25, 0.3) is 132 Å². The van der Waals surface area contributed by atoms with E-state index in [1.54, 1.807) is 0 Å². The molecule has 14 rings (SSSR count). The summed E-state index contributed by atoms with van der Waals surface area (Å²) in [5.41, 5.74) is 15.9. The molecule has 0 radical (unpaired) electrons. The van der Waals surface area contributed by atoms with Crippen LogP contribution in [0, 0.1) is 0 Å². The first kappa shape index (κ1) is 35.0. The molecular formula is C60H36N4. The number of benzene rings is 10. The highest BCUT2D eigenvalue weighted by molar-refractivity contribution is 6.28. The van der Waals surface area contributed by atoms with Gasteiger partial charge in [0.25, 0.3) is 0 Å². The monoisotopic (exact) mass is 812 g/mol. The summed E-state index contributed by atoms with van der Waals surface area (Å²) in [5, 5.41) is 11.0. The molecule has 0 aliphatic carbocycles. The van der Waals surface area contributed by atoms with Crippen LogP contribution in [0.1, 0.15) is 0 Å². The van der Waals surface area contributed by atoms with Gasteiger partial charge in [-0.1, -0.05) is 176 Å². The van der Waals surface area contributed by atoms with Crippen molar-refractivity contribution in [1.82, 2.24) is 18.9 Å². The van der Waals surface area contributed by atoms with Crippen molar-refractivity contribution in [3.05, 3.63) is 218 Å². The van der Waals surface area contributed by atoms with Gasteiger partial charge in [-0.3, -0.25) is 4.57 Å². The van der Waals surface area contributed by atoms with E-state index in [-0.39, 0.29) is 0 Å². The lowest BCUT2D eigenvalue weighted by Crippen LogP contribution is -2.03. The van der Waals surface area contributed by atoms with Gasteiger partial charge in [-0.25, -0.2) is 9.97 Å².